The van der Waals surface area contributed by atoms with Crippen molar-refractivity contribution < 1.29 is 14.7 Å². The Morgan fingerprint density at radius 1 is 1.05 bits per heavy atom. The minimum absolute atomic E-state index is 0.0423. The van der Waals surface area contributed by atoms with Gasteiger partial charge in [0.15, 0.2) is 0 Å². The maximum atomic E-state index is 12.1. The van der Waals surface area contributed by atoms with Crippen molar-refractivity contribution in [2.75, 3.05) is 13.1 Å². The number of carbonyl (C=O) groups is 2. The van der Waals surface area contributed by atoms with Crippen LogP contribution in [-0.4, -0.2) is 41.1 Å². The molecular formula is C14H24N2O3. The predicted molar refractivity (Wildman–Crippen MR) is 72.0 cm³/mol. The highest BCUT2D eigenvalue weighted by Gasteiger charge is 2.25. The molecule has 0 aromatic carbocycles. The topological polar surface area (TPSA) is 69.6 Å². The van der Waals surface area contributed by atoms with E-state index in [1.807, 2.05) is 4.90 Å². The standard InChI is InChI=1S/C14H24N2O3/c17-13(18)10-11-6-8-16(9-7-11)14(19)15-12-4-2-1-3-5-12/h11-12H,1-10H2,(H,15,19)(H,17,18). The highest BCUT2D eigenvalue weighted by atomic mass is 16.4. The quantitative estimate of drug-likeness (QED) is 0.824. The van der Waals surface area contributed by atoms with E-state index in [1.165, 1.54) is 19.3 Å². The van der Waals surface area contributed by atoms with Gasteiger partial charge in [-0.05, 0) is 31.6 Å². The molecule has 2 fully saturated rings. The van der Waals surface area contributed by atoms with Gasteiger partial charge < -0.3 is 15.3 Å². The van der Waals surface area contributed by atoms with Gasteiger partial charge >= 0.3 is 12.0 Å². The molecule has 1 heterocycles. The lowest BCUT2D eigenvalue weighted by atomic mass is 9.93. The van der Waals surface area contributed by atoms with Crippen molar-refractivity contribution >= 4 is 12.0 Å². The van der Waals surface area contributed by atoms with Gasteiger partial charge in [-0.15, -0.1) is 0 Å². The van der Waals surface area contributed by atoms with Gasteiger partial charge in [-0.1, -0.05) is 19.3 Å². The Labute approximate surface area is 114 Å². The summed E-state index contributed by atoms with van der Waals surface area (Å²) >= 11 is 0. The molecule has 0 spiro atoms. The summed E-state index contributed by atoms with van der Waals surface area (Å²) < 4.78 is 0. The lowest BCUT2D eigenvalue weighted by Gasteiger charge is -2.33. The second-order valence-corrected chi connectivity index (χ2v) is 5.81. The average Bonchev–Trinajstić information content (AvgIpc) is 2.40. The Morgan fingerprint density at radius 3 is 2.26 bits per heavy atom. The number of hydrogen-bond donors (Lipinski definition) is 2. The largest absolute Gasteiger partial charge is 0.481 e. The molecule has 2 amide bonds. The van der Waals surface area contributed by atoms with E-state index >= 15 is 0 Å². The Hall–Kier alpha value is -1.26. The lowest BCUT2D eigenvalue weighted by Crippen LogP contribution is -2.48. The van der Waals surface area contributed by atoms with Crippen LogP contribution in [0.5, 0.6) is 0 Å². The molecule has 5 nitrogen and oxygen atoms in total. The van der Waals surface area contributed by atoms with Gasteiger partial charge in [0.25, 0.3) is 0 Å². The van der Waals surface area contributed by atoms with Crippen molar-refractivity contribution in [2.24, 2.45) is 5.92 Å². The molecule has 0 aromatic heterocycles. The van der Waals surface area contributed by atoms with Crippen molar-refractivity contribution in [1.82, 2.24) is 10.2 Å². The summed E-state index contributed by atoms with van der Waals surface area (Å²) in [4.78, 5) is 24.6. The maximum Gasteiger partial charge on any atom is 0.317 e. The summed E-state index contributed by atoms with van der Waals surface area (Å²) in [6, 6.07) is 0.388. The average molecular weight is 268 g/mol. The normalized spacial score (nSPS) is 22.2. The Kier molecular flexibility index (Phi) is 5.05. The first-order valence-electron chi connectivity index (χ1n) is 7.42. The third kappa shape index (κ3) is 4.40. The van der Waals surface area contributed by atoms with Crippen LogP contribution in [0.15, 0.2) is 0 Å². The van der Waals surface area contributed by atoms with Crippen molar-refractivity contribution in [2.45, 2.75) is 57.4 Å². The first kappa shape index (κ1) is 14.2. The number of amides is 2. The number of piperidine rings is 1. The maximum absolute atomic E-state index is 12.1. The number of urea groups is 1. The fraction of sp³-hybridized carbons (Fsp3) is 0.857. The summed E-state index contributed by atoms with van der Waals surface area (Å²) in [5.41, 5.74) is 0. The minimum Gasteiger partial charge on any atom is -0.481 e. The van der Waals surface area contributed by atoms with Gasteiger partial charge in [-0.3, -0.25) is 4.79 Å². The van der Waals surface area contributed by atoms with Crippen molar-refractivity contribution in [3.05, 3.63) is 0 Å². The SMILES string of the molecule is O=C(O)CC1CCN(C(=O)NC2CCCCC2)CC1. The molecule has 0 radical (unpaired) electrons. The molecule has 5 heteroatoms. The van der Waals surface area contributed by atoms with Gasteiger partial charge in [-0.2, -0.15) is 0 Å². The first-order chi connectivity index (χ1) is 9.15. The van der Waals surface area contributed by atoms with Gasteiger partial charge in [0.2, 0.25) is 0 Å². The van der Waals surface area contributed by atoms with Crippen LogP contribution in [0.1, 0.15) is 51.4 Å². The molecule has 1 aliphatic carbocycles. The summed E-state index contributed by atoms with van der Waals surface area (Å²) in [6.07, 6.45) is 7.76. The number of aliphatic carboxylic acids is 1. The molecule has 1 saturated heterocycles. The zero-order chi connectivity index (χ0) is 13.7. The second-order valence-electron chi connectivity index (χ2n) is 5.81. The third-order valence-electron chi connectivity index (χ3n) is 4.30. The van der Waals surface area contributed by atoms with Crippen LogP contribution in [0.3, 0.4) is 0 Å². The second kappa shape index (κ2) is 6.78. The van der Waals surface area contributed by atoms with Crippen LogP contribution < -0.4 is 5.32 Å². The fourth-order valence-corrected chi connectivity index (χ4v) is 3.10. The molecule has 0 unspecified atom stereocenters. The van der Waals surface area contributed by atoms with E-state index in [-0.39, 0.29) is 18.4 Å². The van der Waals surface area contributed by atoms with Crippen LogP contribution >= 0.6 is 0 Å². The molecular weight excluding hydrogens is 244 g/mol. The van der Waals surface area contributed by atoms with Crippen LogP contribution in [-0.2, 0) is 4.79 Å². The number of nitrogens with one attached hydrogen (secondary N) is 1. The number of carboxylic acids is 1. The van der Waals surface area contributed by atoms with Gasteiger partial charge in [-0.25, -0.2) is 4.79 Å². The van der Waals surface area contributed by atoms with E-state index in [4.69, 9.17) is 5.11 Å². The van der Waals surface area contributed by atoms with Crippen LogP contribution in [0.25, 0.3) is 0 Å². The van der Waals surface area contributed by atoms with Crippen LogP contribution in [0, 0.1) is 5.92 Å². The third-order valence-corrected chi connectivity index (χ3v) is 4.30. The lowest BCUT2D eigenvalue weighted by molar-refractivity contribution is -0.138. The Morgan fingerprint density at radius 2 is 1.68 bits per heavy atom. The van der Waals surface area contributed by atoms with E-state index in [0.29, 0.717) is 19.1 Å². The monoisotopic (exact) mass is 268 g/mol. The van der Waals surface area contributed by atoms with Crippen LogP contribution in [0.4, 0.5) is 4.79 Å². The highest BCUT2D eigenvalue weighted by Crippen LogP contribution is 2.21. The smallest absolute Gasteiger partial charge is 0.317 e. The number of carboxylic acid groups (broad SMARTS) is 1. The van der Waals surface area contributed by atoms with E-state index in [9.17, 15) is 9.59 Å². The molecule has 2 aliphatic rings. The van der Waals surface area contributed by atoms with E-state index < -0.39 is 5.97 Å². The highest BCUT2D eigenvalue weighted by molar-refractivity contribution is 5.74. The summed E-state index contributed by atoms with van der Waals surface area (Å²) in [6.45, 7) is 1.38. The molecule has 1 saturated carbocycles. The number of rotatable bonds is 3. The van der Waals surface area contributed by atoms with Gasteiger partial charge in [0.05, 0.1) is 0 Å². The van der Waals surface area contributed by atoms with Crippen molar-refractivity contribution in [3.8, 4) is 0 Å². The Bertz CT molecular complexity index is 319. The van der Waals surface area contributed by atoms with E-state index in [2.05, 4.69) is 5.32 Å². The molecule has 0 bridgehead atoms. The van der Waals surface area contributed by atoms with Crippen molar-refractivity contribution in [1.29, 1.82) is 0 Å². The van der Waals surface area contributed by atoms with Crippen LogP contribution in [0.2, 0.25) is 0 Å². The fourth-order valence-electron chi connectivity index (χ4n) is 3.10. The van der Waals surface area contributed by atoms with E-state index in [0.717, 1.165) is 25.7 Å². The molecule has 2 N–H and O–H groups in total. The number of likely N-dealkylation sites (tertiary alicyclic amines) is 1. The zero-order valence-electron chi connectivity index (χ0n) is 11.4. The minimum atomic E-state index is -0.731. The molecule has 2 rings (SSSR count). The number of hydrogen-bond acceptors (Lipinski definition) is 2. The Balaban J connectivity index is 1.71. The van der Waals surface area contributed by atoms with E-state index in [1.54, 1.807) is 0 Å². The summed E-state index contributed by atoms with van der Waals surface area (Å²) in [7, 11) is 0. The molecule has 19 heavy (non-hydrogen) atoms. The van der Waals surface area contributed by atoms with Crippen molar-refractivity contribution in [3.63, 3.8) is 0 Å². The molecule has 0 aromatic rings. The van der Waals surface area contributed by atoms with Gasteiger partial charge in [0.1, 0.15) is 0 Å². The predicted octanol–water partition coefficient (Wildman–Crippen LogP) is 2.22. The summed E-state index contributed by atoms with van der Waals surface area (Å²) in [5, 5.41) is 11.9. The summed E-state index contributed by atoms with van der Waals surface area (Å²) in [5.74, 6) is -0.499. The number of carbonyl (C=O) groups excluding carboxylic acids is 1. The first-order valence-corrected chi connectivity index (χ1v) is 7.42. The number of nitrogens with zero attached hydrogens (tertiary/aromatic N) is 1. The molecule has 0 atom stereocenters. The van der Waals surface area contributed by atoms with Gasteiger partial charge in [0, 0.05) is 25.6 Å². The zero-order valence-corrected chi connectivity index (χ0v) is 11.4. The molecule has 108 valence electrons. The molecule has 1 aliphatic heterocycles.